The monoisotopic (exact) mass is 377 g/mol. The van der Waals surface area contributed by atoms with Crippen molar-refractivity contribution in [1.82, 2.24) is 14.9 Å². The molecule has 3 rings (SSSR count). The second-order valence-corrected chi connectivity index (χ2v) is 7.78. The molecular weight excluding hydrogens is 350 g/mol. The van der Waals surface area contributed by atoms with E-state index in [4.69, 9.17) is 9.72 Å². The van der Waals surface area contributed by atoms with Crippen molar-refractivity contribution in [2.24, 2.45) is 0 Å². The molecule has 0 spiro atoms. The first-order valence-corrected chi connectivity index (χ1v) is 10.1. The van der Waals surface area contributed by atoms with Gasteiger partial charge in [-0.25, -0.2) is 4.98 Å². The number of aliphatic hydroxyl groups is 1. The van der Waals surface area contributed by atoms with Crippen LogP contribution in [-0.4, -0.2) is 52.4 Å². The number of nitrogens with one attached hydrogen (secondary N) is 1. The van der Waals surface area contributed by atoms with Crippen LogP contribution in [0, 0.1) is 0 Å². The van der Waals surface area contributed by atoms with Crippen molar-refractivity contribution in [1.29, 1.82) is 0 Å². The summed E-state index contributed by atoms with van der Waals surface area (Å²) in [5.74, 6) is 0.631. The SMILES string of the molecule is C=CCN(Cc1nc2sc3c(c2c(=O)[nH]1)CCCC3)C[C@H](O)COCC. The lowest BCUT2D eigenvalue weighted by molar-refractivity contribution is 0.0214. The molecule has 0 bridgehead atoms. The fraction of sp³-hybridized carbons (Fsp3) is 0.579. The number of rotatable bonds is 9. The Balaban J connectivity index is 1.80. The molecule has 1 aliphatic rings. The van der Waals surface area contributed by atoms with Crippen LogP contribution in [0.1, 0.15) is 36.0 Å². The molecule has 142 valence electrons. The molecule has 6 nitrogen and oxygen atoms in total. The molecule has 0 aliphatic heterocycles. The van der Waals surface area contributed by atoms with Crippen molar-refractivity contribution in [2.45, 2.75) is 45.3 Å². The average Bonchev–Trinajstić information content (AvgIpc) is 2.98. The molecule has 1 aliphatic carbocycles. The van der Waals surface area contributed by atoms with Crippen LogP contribution in [0.2, 0.25) is 0 Å². The third-order valence-electron chi connectivity index (χ3n) is 4.62. The molecule has 2 N–H and O–H groups in total. The summed E-state index contributed by atoms with van der Waals surface area (Å²) in [6.45, 7) is 8.06. The topological polar surface area (TPSA) is 78.5 Å². The Kier molecular flexibility index (Phi) is 6.58. The van der Waals surface area contributed by atoms with E-state index < -0.39 is 6.10 Å². The molecule has 7 heteroatoms. The summed E-state index contributed by atoms with van der Waals surface area (Å²) in [4.78, 5) is 24.4. The number of fused-ring (bicyclic) bond motifs is 3. The van der Waals surface area contributed by atoms with Gasteiger partial charge in [0, 0.05) is 24.6 Å². The Morgan fingerprint density at radius 1 is 1.46 bits per heavy atom. The molecule has 0 radical (unpaired) electrons. The molecule has 0 fully saturated rings. The van der Waals surface area contributed by atoms with Gasteiger partial charge in [-0.15, -0.1) is 17.9 Å². The van der Waals surface area contributed by atoms with Gasteiger partial charge in [0.05, 0.1) is 24.6 Å². The van der Waals surface area contributed by atoms with Gasteiger partial charge >= 0.3 is 0 Å². The summed E-state index contributed by atoms with van der Waals surface area (Å²) in [6.07, 6.45) is 5.57. The Bertz CT molecular complexity index is 814. The largest absolute Gasteiger partial charge is 0.389 e. The predicted octanol–water partition coefficient (Wildman–Crippen LogP) is 2.25. The van der Waals surface area contributed by atoms with E-state index in [1.165, 1.54) is 16.9 Å². The summed E-state index contributed by atoms with van der Waals surface area (Å²) in [6, 6.07) is 0. The van der Waals surface area contributed by atoms with Gasteiger partial charge in [0.2, 0.25) is 0 Å². The normalized spacial score (nSPS) is 15.3. The van der Waals surface area contributed by atoms with Gasteiger partial charge in [-0.3, -0.25) is 9.69 Å². The van der Waals surface area contributed by atoms with Crippen molar-refractivity contribution in [3.63, 3.8) is 0 Å². The second kappa shape index (κ2) is 8.90. The van der Waals surface area contributed by atoms with Crippen LogP contribution in [0.5, 0.6) is 0 Å². The summed E-state index contributed by atoms with van der Waals surface area (Å²) >= 11 is 1.65. The quantitative estimate of drug-likeness (QED) is 0.656. The summed E-state index contributed by atoms with van der Waals surface area (Å²) < 4.78 is 5.27. The summed E-state index contributed by atoms with van der Waals surface area (Å²) in [5.41, 5.74) is 1.16. The first kappa shape index (κ1) is 19.2. The van der Waals surface area contributed by atoms with Crippen LogP contribution in [0.15, 0.2) is 17.4 Å². The van der Waals surface area contributed by atoms with Gasteiger partial charge in [-0.1, -0.05) is 6.08 Å². The maximum absolute atomic E-state index is 12.6. The van der Waals surface area contributed by atoms with E-state index in [0.29, 0.717) is 38.7 Å². The Morgan fingerprint density at radius 3 is 3.04 bits per heavy atom. The minimum Gasteiger partial charge on any atom is -0.389 e. The Hall–Kier alpha value is -1.54. The number of H-pyrrole nitrogens is 1. The minimum atomic E-state index is -0.584. The molecule has 0 saturated carbocycles. The molecule has 1 atom stereocenters. The molecule has 2 aromatic heterocycles. The number of hydrogen-bond donors (Lipinski definition) is 2. The number of ether oxygens (including phenoxy) is 1. The molecule has 26 heavy (non-hydrogen) atoms. The molecule has 2 aromatic rings. The van der Waals surface area contributed by atoms with Gasteiger partial charge in [0.25, 0.3) is 5.56 Å². The van der Waals surface area contributed by atoms with Crippen LogP contribution in [-0.2, 0) is 24.1 Å². The average molecular weight is 378 g/mol. The van der Waals surface area contributed by atoms with Gasteiger partial charge < -0.3 is 14.8 Å². The lowest BCUT2D eigenvalue weighted by Gasteiger charge is -2.23. The number of aliphatic hydroxyl groups excluding tert-OH is 1. The third kappa shape index (κ3) is 4.40. The van der Waals surface area contributed by atoms with Gasteiger partial charge in [0.15, 0.2) is 0 Å². The summed E-state index contributed by atoms with van der Waals surface area (Å²) in [5, 5.41) is 10.9. The molecule has 0 amide bonds. The lowest BCUT2D eigenvalue weighted by Crippen LogP contribution is -2.35. The first-order valence-electron chi connectivity index (χ1n) is 9.24. The van der Waals surface area contributed by atoms with Crippen molar-refractivity contribution in [3.8, 4) is 0 Å². The Morgan fingerprint density at radius 2 is 2.27 bits per heavy atom. The number of thiophene rings is 1. The number of aromatic amines is 1. The van der Waals surface area contributed by atoms with E-state index in [-0.39, 0.29) is 5.56 Å². The maximum Gasteiger partial charge on any atom is 0.259 e. The van der Waals surface area contributed by atoms with Crippen molar-refractivity contribution >= 4 is 21.6 Å². The van der Waals surface area contributed by atoms with Crippen LogP contribution >= 0.6 is 11.3 Å². The minimum absolute atomic E-state index is 0.0437. The zero-order valence-corrected chi connectivity index (χ0v) is 16.1. The molecule has 0 unspecified atom stereocenters. The first-order chi connectivity index (χ1) is 12.6. The number of aryl methyl sites for hydroxylation is 2. The van der Waals surface area contributed by atoms with Gasteiger partial charge in [-0.05, 0) is 38.2 Å². The van der Waals surface area contributed by atoms with E-state index in [0.717, 1.165) is 29.5 Å². The van der Waals surface area contributed by atoms with Crippen LogP contribution in [0.25, 0.3) is 10.2 Å². The zero-order chi connectivity index (χ0) is 18.5. The highest BCUT2D eigenvalue weighted by Gasteiger charge is 2.20. The van der Waals surface area contributed by atoms with E-state index in [1.807, 2.05) is 11.8 Å². The van der Waals surface area contributed by atoms with E-state index >= 15 is 0 Å². The fourth-order valence-corrected chi connectivity index (χ4v) is 4.77. The number of nitrogens with zero attached hydrogens (tertiary/aromatic N) is 2. The van der Waals surface area contributed by atoms with Crippen LogP contribution in [0.4, 0.5) is 0 Å². The van der Waals surface area contributed by atoms with E-state index in [9.17, 15) is 9.90 Å². The number of aromatic nitrogens is 2. The molecule has 2 heterocycles. The lowest BCUT2D eigenvalue weighted by atomic mass is 9.97. The second-order valence-electron chi connectivity index (χ2n) is 6.70. The number of hydrogen-bond acceptors (Lipinski definition) is 6. The van der Waals surface area contributed by atoms with Crippen LogP contribution in [0.3, 0.4) is 0 Å². The van der Waals surface area contributed by atoms with Gasteiger partial charge in [0.1, 0.15) is 10.7 Å². The maximum atomic E-state index is 12.6. The molecular formula is C19H27N3O3S. The van der Waals surface area contributed by atoms with Crippen molar-refractivity contribution in [2.75, 3.05) is 26.3 Å². The fourth-order valence-electron chi connectivity index (χ4n) is 3.49. The highest BCUT2D eigenvalue weighted by Crippen LogP contribution is 2.33. The van der Waals surface area contributed by atoms with Crippen LogP contribution < -0.4 is 5.56 Å². The van der Waals surface area contributed by atoms with E-state index in [2.05, 4.69) is 11.6 Å². The third-order valence-corrected chi connectivity index (χ3v) is 5.80. The van der Waals surface area contributed by atoms with E-state index in [1.54, 1.807) is 17.4 Å². The zero-order valence-electron chi connectivity index (χ0n) is 15.3. The van der Waals surface area contributed by atoms with Gasteiger partial charge in [-0.2, -0.15) is 0 Å². The van der Waals surface area contributed by atoms with Crippen molar-refractivity contribution in [3.05, 3.63) is 39.3 Å². The Labute approximate surface area is 157 Å². The summed E-state index contributed by atoms with van der Waals surface area (Å²) in [7, 11) is 0. The highest BCUT2D eigenvalue weighted by molar-refractivity contribution is 7.18. The smallest absolute Gasteiger partial charge is 0.259 e. The van der Waals surface area contributed by atoms with Crippen molar-refractivity contribution < 1.29 is 9.84 Å². The molecule has 0 aromatic carbocycles. The predicted molar refractivity (Wildman–Crippen MR) is 105 cm³/mol. The molecule has 0 saturated heterocycles. The standard InChI is InChI=1S/C19H27N3O3S/c1-3-9-22(10-13(23)12-25-4-2)11-16-20-18(24)17-14-7-5-6-8-15(14)26-19(17)21-16/h3,13,23H,1,4-12H2,2H3,(H,20,21,24)/t13-/m0/s1. The highest BCUT2D eigenvalue weighted by atomic mass is 32.1.